The first-order valence-electron chi connectivity index (χ1n) is 10.3. The summed E-state index contributed by atoms with van der Waals surface area (Å²) < 4.78 is 16.2. The van der Waals surface area contributed by atoms with E-state index in [9.17, 15) is 0 Å². The maximum atomic E-state index is 5.52. The Morgan fingerprint density at radius 3 is 2.57 bits per heavy atom. The van der Waals surface area contributed by atoms with Gasteiger partial charge in [0, 0.05) is 38.3 Å². The minimum Gasteiger partial charge on any atom is -0.493 e. The SMILES string of the molecule is COc1ccc(Cc2noc(CN3CCCN(c4ccccc4)CC3)n2)cc1OC. The molecule has 7 heteroatoms. The Hall–Kier alpha value is -3.06. The van der Waals surface area contributed by atoms with Gasteiger partial charge in [0.1, 0.15) is 0 Å². The summed E-state index contributed by atoms with van der Waals surface area (Å²) in [7, 11) is 3.26. The van der Waals surface area contributed by atoms with E-state index in [4.69, 9.17) is 14.0 Å². The first-order valence-corrected chi connectivity index (χ1v) is 10.3. The van der Waals surface area contributed by atoms with E-state index in [0.29, 0.717) is 36.2 Å². The molecule has 1 aromatic heterocycles. The molecule has 0 N–H and O–H groups in total. The zero-order valence-electron chi connectivity index (χ0n) is 17.6. The molecule has 7 nitrogen and oxygen atoms in total. The highest BCUT2D eigenvalue weighted by atomic mass is 16.5. The molecule has 0 unspecified atom stereocenters. The molecule has 0 amide bonds. The molecule has 0 atom stereocenters. The van der Waals surface area contributed by atoms with Crippen LogP contribution in [-0.4, -0.2) is 55.4 Å². The van der Waals surface area contributed by atoms with Crippen LogP contribution >= 0.6 is 0 Å². The largest absolute Gasteiger partial charge is 0.493 e. The number of anilines is 1. The number of methoxy groups -OCH3 is 2. The number of nitrogens with zero attached hydrogens (tertiary/aromatic N) is 4. The highest BCUT2D eigenvalue weighted by molar-refractivity contribution is 5.46. The van der Waals surface area contributed by atoms with Crippen molar-refractivity contribution < 1.29 is 14.0 Å². The van der Waals surface area contributed by atoms with E-state index in [0.717, 1.165) is 38.2 Å². The Balaban J connectivity index is 1.34. The lowest BCUT2D eigenvalue weighted by Crippen LogP contribution is -2.30. The third-order valence-corrected chi connectivity index (χ3v) is 5.39. The van der Waals surface area contributed by atoms with E-state index < -0.39 is 0 Å². The van der Waals surface area contributed by atoms with E-state index in [1.807, 2.05) is 18.2 Å². The van der Waals surface area contributed by atoms with Gasteiger partial charge in [-0.25, -0.2) is 0 Å². The second-order valence-corrected chi connectivity index (χ2v) is 7.42. The molecule has 2 aromatic carbocycles. The Kier molecular flexibility index (Phi) is 6.49. The summed E-state index contributed by atoms with van der Waals surface area (Å²) in [5, 5.41) is 4.17. The molecule has 0 saturated carbocycles. The molecule has 158 valence electrons. The van der Waals surface area contributed by atoms with Gasteiger partial charge in [-0.05, 0) is 36.2 Å². The summed E-state index contributed by atoms with van der Waals surface area (Å²) >= 11 is 0. The van der Waals surface area contributed by atoms with Crippen molar-refractivity contribution >= 4 is 5.69 Å². The molecule has 3 aromatic rings. The number of hydrogen-bond acceptors (Lipinski definition) is 7. The van der Waals surface area contributed by atoms with Gasteiger partial charge in [-0.2, -0.15) is 4.98 Å². The van der Waals surface area contributed by atoms with Crippen molar-refractivity contribution in [3.63, 3.8) is 0 Å². The van der Waals surface area contributed by atoms with Crippen LogP contribution in [0.3, 0.4) is 0 Å². The summed E-state index contributed by atoms with van der Waals surface area (Å²) in [5.74, 6) is 2.75. The van der Waals surface area contributed by atoms with E-state index in [1.54, 1.807) is 14.2 Å². The third kappa shape index (κ3) is 4.91. The number of hydrogen-bond donors (Lipinski definition) is 0. The summed E-state index contributed by atoms with van der Waals surface area (Å²) in [5.41, 5.74) is 2.34. The second-order valence-electron chi connectivity index (χ2n) is 7.42. The molecule has 30 heavy (non-hydrogen) atoms. The summed E-state index contributed by atoms with van der Waals surface area (Å²) in [6.45, 7) is 4.74. The highest BCUT2D eigenvalue weighted by Crippen LogP contribution is 2.28. The van der Waals surface area contributed by atoms with Crippen LogP contribution in [-0.2, 0) is 13.0 Å². The molecule has 0 bridgehead atoms. The lowest BCUT2D eigenvalue weighted by Gasteiger charge is -2.23. The fourth-order valence-electron chi connectivity index (χ4n) is 3.82. The van der Waals surface area contributed by atoms with E-state index >= 15 is 0 Å². The van der Waals surface area contributed by atoms with Crippen LogP contribution < -0.4 is 14.4 Å². The predicted octanol–water partition coefficient (Wildman–Crippen LogP) is 3.39. The van der Waals surface area contributed by atoms with Gasteiger partial charge in [0.25, 0.3) is 0 Å². The standard InChI is InChI=1S/C23H28N4O3/c1-28-20-10-9-18(15-21(20)29-2)16-22-24-23(30-25-22)17-26-11-6-12-27(14-13-26)19-7-4-3-5-8-19/h3-5,7-10,15H,6,11-14,16-17H2,1-2H3. The van der Waals surface area contributed by atoms with Gasteiger partial charge in [0.15, 0.2) is 17.3 Å². The molecule has 1 fully saturated rings. The molecule has 0 radical (unpaired) electrons. The highest BCUT2D eigenvalue weighted by Gasteiger charge is 2.18. The van der Waals surface area contributed by atoms with Crippen molar-refractivity contribution in [2.45, 2.75) is 19.4 Å². The van der Waals surface area contributed by atoms with Gasteiger partial charge in [-0.3, -0.25) is 4.90 Å². The van der Waals surface area contributed by atoms with Crippen molar-refractivity contribution in [1.82, 2.24) is 15.0 Å². The third-order valence-electron chi connectivity index (χ3n) is 5.39. The van der Waals surface area contributed by atoms with E-state index in [2.05, 4.69) is 50.3 Å². The number of para-hydroxylation sites is 1. The Labute approximate surface area is 177 Å². The van der Waals surface area contributed by atoms with Crippen LogP contribution in [0.1, 0.15) is 23.7 Å². The molecule has 0 aliphatic carbocycles. The van der Waals surface area contributed by atoms with Crippen molar-refractivity contribution in [2.75, 3.05) is 45.3 Å². The fraction of sp³-hybridized carbons (Fsp3) is 0.391. The van der Waals surface area contributed by atoms with E-state index in [1.165, 1.54) is 5.69 Å². The van der Waals surface area contributed by atoms with Crippen LogP contribution in [0.4, 0.5) is 5.69 Å². The van der Waals surface area contributed by atoms with Crippen LogP contribution in [0.5, 0.6) is 11.5 Å². The summed E-state index contributed by atoms with van der Waals surface area (Å²) in [6.07, 6.45) is 1.70. The van der Waals surface area contributed by atoms with Gasteiger partial charge >= 0.3 is 0 Å². The smallest absolute Gasteiger partial charge is 0.240 e. The predicted molar refractivity (Wildman–Crippen MR) is 115 cm³/mol. The summed E-state index contributed by atoms with van der Waals surface area (Å²) in [6, 6.07) is 16.4. The maximum absolute atomic E-state index is 5.52. The fourth-order valence-corrected chi connectivity index (χ4v) is 3.82. The van der Waals surface area contributed by atoms with Gasteiger partial charge < -0.3 is 18.9 Å². The lowest BCUT2D eigenvalue weighted by atomic mass is 10.1. The first kappa shape index (κ1) is 20.2. The Bertz CT molecular complexity index is 945. The molecule has 1 aliphatic heterocycles. The van der Waals surface area contributed by atoms with Gasteiger partial charge in [-0.1, -0.05) is 29.4 Å². The Morgan fingerprint density at radius 1 is 0.933 bits per heavy atom. The minimum absolute atomic E-state index is 0.589. The van der Waals surface area contributed by atoms with Crippen LogP contribution in [0.2, 0.25) is 0 Å². The molecule has 0 spiro atoms. The Morgan fingerprint density at radius 2 is 1.77 bits per heavy atom. The van der Waals surface area contributed by atoms with Crippen LogP contribution in [0.15, 0.2) is 53.1 Å². The topological polar surface area (TPSA) is 63.9 Å². The molecular weight excluding hydrogens is 380 g/mol. The van der Waals surface area contributed by atoms with Crippen LogP contribution in [0, 0.1) is 0 Å². The number of benzene rings is 2. The van der Waals surface area contributed by atoms with Crippen molar-refractivity contribution in [1.29, 1.82) is 0 Å². The zero-order chi connectivity index (χ0) is 20.8. The maximum Gasteiger partial charge on any atom is 0.240 e. The van der Waals surface area contributed by atoms with Crippen molar-refractivity contribution in [2.24, 2.45) is 0 Å². The average Bonchev–Trinajstić information content (AvgIpc) is 3.08. The summed E-state index contributed by atoms with van der Waals surface area (Å²) in [4.78, 5) is 9.43. The first-order chi connectivity index (χ1) is 14.7. The molecule has 4 rings (SSSR count). The number of rotatable bonds is 7. The number of aromatic nitrogens is 2. The zero-order valence-corrected chi connectivity index (χ0v) is 17.6. The molecule has 2 heterocycles. The lowest BCUT2D eigenvalue weighted by molar-refractivity contribution is 0.239. The normalized spacial score (nSPS) is 15.1. The quantitative estimate of drug-likeness (QED) is 0.594. The molecule has 1 aliphatic rings. The number of ether oxygens (including phenoxy) is 2. The van der Waals surface area contributed by atoms with Gasteiger partial charge in [0.2, 0.25) is 5.89 Å². The van der Waals surface area contributed by atoms with Gasteiger partial charge in [-0.15, -0.1) is 0 Å². The van der Waals surface area contributed by atoms with Crippen molar-refractivity contribution in [3.05, 3.63) is 65.8 Å². The molecule has 1 saturated heterocycles. The average molecular weight is 409 g/mol. The van der Waals surface area contributed by atoms with Gasteiger partial charge in [0.05, 0.1) is 20.8 Å². The monoisotopic (exact) mass is 408 g/mol. The molecular formula is C23H28N4O3. The minimum atomic E-state index is 0.589. The van der Waals surface area contributed by atoms with Crippen LogP contribution in [0.25, 0.3) is 0 Å². The second kappa shape index (κ2) is 9.63. The van der Waals surface area contributed by atoms with E-state index in [-0.39, 0.29) is 0 Å². The van der Waals surface area contributed by atoms with Crippen molar-refractivity contribution in [3.8, 4) is 11.5 Å².